The van der Waals surface area contributed by atoms with Crippen molar-refractivity contribution >= 4 is 23.1 Å². The lowest BCUT2D eigenvalue weighted by atomic mass is 10.1. The number of carbonyl (C=O) groups is 2. The normalized spacial score (nSPS) is 13.6. The van der Waals surface area contributed by atoms with Gasteiger partial charge in [0, 0.05) is 13.0 Å². The molecule has 1 aliphatic rings. The van der Waals surface area contributed by atoms with Crippen LogP contribution in [0.5, 0.6) is 0 Å². The number of carbonyl (C=O) groups excluding carboxylic acids is 2. The van der Waals surface area contributed by atoms with Gasteiger partial charge in [0.2, 0.25) is 5.91 Å². The highest BCUT2D eigenvalue weighted by molar-refractivity contribution is 6.01. The zero-order valence-corrected chi connectivity index (χ0v) is 10.1. The standard InChI is InChI=1S/C13H13N3O2/c1-9(17)4-5-16-8-13(18)15-11-3-2-10(7-14)6-12(11)16/h2-3,6H,4-5,8H2,1H3,(H,15,18). The third-order valence-corrected chi connectivity index (χ3v) is 2.81. The molecule has 1 aromatic rings. The monoisotopic (exact) mass is 243 g/mol. The summed E-state index contributed by atoms with van der Waals surface area (Å²) in [6.45, 7) is 2.23. The molecule has 1 aromatic carbocycles. The highest BCUT2D eigenvalue weighted by atomic mass is 16.2. The maximum absolute atomic E-state index is 11.5. The molecule has 0 spiro atoms. The molecule has 0 saturated carbocycles. The number of fused-ring (bicyclic) bond motifs is 1. The molecule has 5 heteroatoms. The number of nitrogens with one attached hydrogen (secondary N) is 1. The van der Waals surface area contributed by atoms with Crippen molar-refractivity contribution in [2.45, 2.75) is 13.3 Å². The minimum Gasteiger partial charge on any atom is -0.360 e. The van der Waals surface area contributed by atoms with E-state index in [1.807, 2.05) is 4.90 Å². The Morgan fingerprint density at radius 1 is 1.56 bits per heavy atom. The van der Waals surface area contributed by atoms with E-state index in [0.29, 0.717) is 24.2 Å². The Labute approximate surface area is 105 Å². The Hall–Kier alpha value is -2.35. The lowest BCUT2D eigenvalue weighted by Gasteiger charge is -2.30. The molecule has 5 nitrogen and oxygen atoms in total. The molecule has 0 radical (unpaired) electrons. The second-order valence-corrected chi connectivity index (χ2v) is 4.27. The first-order valence-electron chi connectivity index (χ1n) is 5.68. The van der Waals surface area contributed by atoms with Gasteiger partial charge in [0.05, 0.1) is 29.6 Å². The largest absolute Gasteiger partial charge is 0.360 e. The second-order valence-electron chi connectivity index (χ2n) is 4.27. The number of hydrogen-bond donors (Lipinski definition) is 1. The lowest BCUT2D eigenvalue weighted by Crippen LogP contribution is -2.39. The van der Waals surface area contributed by atoms with Crippen LogP contribution in [-0.2, 0) is 9.59 Å². The highest BCUT2D eigenvalue weighted by Crippen LogP contribution is 2.30. The summed E-state index contributed by atoms with van der Waals surface area (Å²) >= 11 is 0. The number of ketones is 1. The first-order chi connectivity index (χ1) is 8.60. The third-order valence-electron chi connectivity index (χ3n) is 2.81. The van der Waals surface area contributed by atoms with Crippen LogP contribution in [0.15, 0.2) is 18.2 Å². The summed E-state index contributed by atoms with van der Waals surface area (Å²) < 4.78 is 0. The van der Waals surface area contributed by atoms with E-state index in [4.69, 9.17) is 5.26 Å². The van der Waals surface area contributed by atoms with Crippen molar-refractivity contribution in [3.63, 3.8) is 0 Å². The van der Waals surface area contributed by atoms with Crippen LogP contribution < -0.4 is 10.2 Å². The zero-order valence-electron chi connectivity index (χ0n) is 10.1. The van der Waals surface area contributed by atoms with E-state index in [-0.39, 0.29) is 18.2 Å². The number of benzene rings is 1. The third kappa shape index (κ3) is 2.48. The van der Waals surface area contributed by atoms with Gasteiger partial charge in [0.25, 0.3) is 0 Å². The summed E-state index contributed by atoms with van der Waals surface area (Å²) in [5, 5.41) is 11.6. The maximum Gasteiger partial charge on any atom is 0.243 e. The molecule has 0 bridgehead atoms. The number of nitriles is 1. The minimum atomic E-state index is -0.101. The molecule has 92 valence electrons. The van der Waals surface area contributed by atoms with Crippen LogP contribution in [0.1, 0.15) is 18.9 Å². The predicted molar refractivity (Wildman–Crippen MR) is 67.3 cm³/mol. The van der Waals surface area contributed by atoms with Crippen LogP contribution >= 0.6 is 0 Å². The molecule has 0 saturated heterocycles. The molecular formula is C13H13N3O2. The fourth-order valence-corrected chi connectivity index (χ4v) is 1.91. The summed E-state index contributed by atoms with van der Waals surface area (Å²) in [5.41, 5.74) is 2.03. The Morgan fingerprint density at radius 2 is 2.33 bits per heavy atom. The van der Waals surface area contributed by atoms with Gasteiger partial charge in [-0.3, -0.25) is 9.59 Å². The number of Topliss-reactive ketones (excluding diaryl/α,β-unsaturated/α-hetero) is 1. The number of anilines is 2. The number of hydrogen-bond acceptors (Lipinski definition) is 4. The van der Waals surface area contributed by atoms with Gasteiger partial charge in [-0.05, 0) is 25.1 Å². The molecule has 1 N–H and O–H groups in total. The van der Waals surface area contributed by atoms with E-state index in [1.165, 1.54) is 6.92 Å². The Kier molecular flexibility index (Phi) is 3.28. The van der Waals surface area contributed by atoms with Crippen molar-refractivity contribution in [2.24, 2.45) is 0 Å². The number of nitrogens with zero attached hydrogens (tertiary/aromatic N) is 2. The van der Waals surface area contributed by atoms with Crippen LogP contribution in [0.3, 0.4) is 0 Å². The Balaban J connectivity index is 2.30. The summed E-state index contributed by atoms with van der Waals surface area (Å²) in [6, 6.07) is 7.17. The SMILES string of the molecule is CC(=O)CCN1CC(=O)Nc2ccc(C#N)cc21. The number of amides is 1. The van der Waals surface area contributed by atoms with E-state index in [0.717, 1.165) is 5.69 Å². The van der Waals surface area contributed by atoms with Crippen molar-refractivity contribution < 1.29 is 9.59 Å². The smallest absolute Gasteiger partial charge is 0.243 e. The van der Waals surface area contributed by atoms with E-state index < -0.39 is 0 Å². The van der Waals surface area contributed by atoms with Crippen LogP contribution in [0.25, 0.3) is 0 Å². The quantitative estimate of drug-likeness (QED) is 0.868. The molecule has 1 heterocycles. The van der Waals surface area contributed by atoms with Crippen molar-refractivity contribution in [2.75, 3.05) is 23.3 Å². The van der Waals surface area contributed by atoms with Gasteiger partial charge in [0.1, 0.15) is 5.78 Å². The summed E-state index contributed by atoms with van der Waals surface area (Å²) in [4.78, 5) is 24.4. The molecular weight excluding hydrogens is 230 g/mol. The van der Waals surface area contributed by atoms with Gasteiger partial charge >= 0.3 is 0 Å². The topological polar surface area (TPSA) is 73.2 Å². The Bertz CT molecular complexity index is 546. The minimum absolute atomic E-state index is 0.0824. The fourth-order valence-electron chi connectivity index (χ4n) is 1.91. The van der Waals surface area contributed by atoms with Crippen LogP contribution in [-0.4, -0.2) is 24.8 Å². The van der Waals surface area contributed by atoms with Gasteiger partial charge in [0.15, 0.2) is 0 Å². The average Bonchev–Trinajstić information content (AvgIpc) is 2.35. The van der Waals surface area contributed by atoms with E-state index in [1.54, 1.807) is 18.2 Å². The lowest BCUT2D eigenvalue weighted by molar-refractivity contribution is -0.117. The highest BCUT2D eigenvalue weighted by Gasteiger charge is 2.22. The summed E-state index contributed by atoms with van der Waals surface area (Å²) in [5.74, 6) is -0.0188. The van der Waals surface area contributed by atoms with Crippen LogP contribution in [0, 0.1) is 11.3 Å². The first kappa shape index (κ1) is 12.1. The molecule has 1 aliphatic heterocycles. The maximum atomic E-state index is 11.5. The first-order valence-corrected chi connectivity index (χ1v) is 5.68. The van der Waals surface area contributed by atoms with Gasteiger partial charge < -0.3 is 10.2 Å². The fraction of sp³-hybridized carbons (Fsp3) is 0.308. The second kappa shape index (κ2) is 4.88. The predicted octanol–water partition coefficient (Wildman–Crippen LogP) is 1.30. The summed E-state index contributed by atoms with van der Waals surface area (Å²) in [7, 11) is 0. The molecule has 0 atom stereocenters. The van der Waals surface area contributed by atoms with Gasteiger partial charge in [-0.2, -0.15) is 5.26 Å². The van der Waals surface area contributed by atoms with Gasteiger partial charge in [-0.15, -0.1) is 0 Å². The molecule has 0 fully saturated rings. The molecule has 2 rings (SSSR count). The Morgan fingerprint density at radius 3 is 3.00 bits per heavy atom. The molecule has 0 unspecified atom stereocenters. The van der Waals surface area contributed by atoms with Crippen molar-refractivity contribution in [3.8, 4) is 6.07 Å². The van der Waals surface area contributed by atoms with Crippen molar-refractivity contribution in [3.05, 3.63) is 23.8 Å². The van der Waals surface area contributed by atoms with Gasteiger partial charge in [-0.25, -0.2) is 0 Å². The zero-order chi connectivity index (χ0) is 13.1. The molecule has 0 aromatic heterocycles. The molecule has 0 aliphatic carbocycles. The van der Waals surface area contributed by atoms with Gasteiger partial charge in [-0.1, -0.05) is 0 Å². The summed E-state index contributed by atoms with van der Waals surface area (Å²) in [6.07, 6.45) is 0.392. The average molecular weight is 243 g/mol. The van der Waals surface area contributed by atoms with Crippen molar-refractivity contribution in [1.29, 1.82) is 5.26 Å². The van der Waals surface area contributed by atoms with Crippen LogP contribution in [0.2, 0.25) is 0 Å². The van der Waals surface area contributed by atoms with E-state index in [2.05, 4.69) is 11.4 Å². The molecule has 18 heavy (non-hydrogen) atoms. The van der Waals surface area contributed by atoms with Crippen molar-refractivity contribution in [1.82, 2.24) is 0 Å². The van der Waals surface area contributed by atoms with E-state index >= 15 is 0 Å². The number of rotatable bonds is 3. The molecule has 1 amide bonds. The van der Waals surface area contributed by atoms with Crippen LogP contribution in [0.4, 0.5) is 11.4 Å². The van der Waals surface area contributed by atoms with E-state index in [9.17, 15) is 9.59 Å².